The summed E-state index contributed by atoms with van der Waals surface area (Å²) in [6.45, 7) is 5.49. The summed E-state index contributed by atoms with van der Waals surface area (Å²) in [6, 6.07) is 18.0. The van der Waals surface area contributed by atoms with Gasteiger partial charge in [-0.3, -0.25) is 4.79 Å². The van der Waals surface area contributed by atoms with Crippen molar-refractivity contribution in [1.29, 1.82) is 0 Å². The van der Waals surface area contributed by atoms with Crippen LogP contribution in [0, 0.1) is 32.1 Å². The topological polar surface area (TPSA) is 20.3 Å². The molecule has 0 saturated heterocycles. The quantitative estimate of drug-likeness (QED) is 0.211. The standard InChI is InChI=1S/C17H19NOS.C5H5.F6P.Fe/c1-3-18(4-2)17(19)15-12-8-9-13-16(15)20-14-10-6-5-7-11-14;1-2-4-5-3-1;1-7(2,3,4,5)6;/h5-13H,3-4H2,1-2H3;1-5H;;/q;;-1;+2. The normalized spacial score (nSPS) is 14.8. The van der Waals surface area contributed by atoms with Gasteiger partial charge in [0, 0.05) is 22.9 Å². The summed E-state index contributed by atoms with van der Waals surface area (Å²) in [5.41, 5.74) is 0.782. The Kier molecular flexibility index (Phi) is 12.6. The molecule has 0 unspecified atom stereocenters. The Balaban J connectivity index is 0.000000648. The van der Waals surface area contributed by atoms with Gasteiger partial charge < -0.3 is 4.90 Å². The summed E-state index contributed by atoms with van der Waals surface area (Å²) in [7, 11) is -10.7. The molecule has 5 radical (unpaired) electrons. The Morgan fingerprint density at radius 1 is 0.758 bits per heavy atom. The summed E-state index contributed by atoms with van der Waals surface area (Å²) in [4.78, 5) is 16.5. The fourth-order valence-corrected chi connectivity index (χ4v) is 3.31. The van der Waals surface area contributed by atoms with Gasteiger partial charge in [0.1, 0.15) is 0 Å². The number of hydrogen-bond acceptors (Lipinski definition) is 2. The fourth-order valence-electron chi connectivity index (χ4n) is 2.35. The molecule has 2 aromatic carbocycles. The summed E-state index contributed by atoms with van der Waals surface area (Å²) in [6.07, 6.45) is 10.0. The maximum absolute atomic E-state index is 12.5. The first-order chi connectivity index (χ1) is 14.7. The van der Waals surface area contributed by atoms with Crippen LogP contribution < -0.4 is 0 Å². The molecular weight excluding hydrogens is 527 g/mol. The molecule has 2 nitrogen and oxygen atoms in total. The molecule has 1 saturated carbocycles. The van der Waals surface area contributed by atoms with Gasteiger partial charge in [-0.15, -0.1) is 0 Å². The van der Waals surface area contributed by atoms with Gasteiger partial charge in [0.25, 0.3) is 5.91 Å². The third-order valence-corrected chi connectivity index (χ3v) is 4.78. The fraction of sp³-hybridized carbons (Fsp3) is 0.182. The van der Waals surface area contributed by atoms with Gasteiger partial charge in [-0.2, -0.15) is 0 Å². The van der Waals surface area contributed by atoms with E-state index in [1.807, 2.05) is 93.3 Å². The zero-order valence-corrected chi connectivity index (χ0v) is 20.6. The molecule has 1 aliphatic carbocycles. The van der Waals surface area contributed by atoms with Gasteiger partial charge in [0.15, 0.2) is 0 Å². The number of carbonyl (C=O) groups excluding carboxylic acids is 1. The number of rotatable bonds is 5. The summed E-state index contributed by atoms with van der Waals surface area (Å²) in [5.74, 6) is 0.106. The number of benzene rings is 2. The maximum Gasteiger partial charge on any atom is 2.00 e. The van der Waals surface area contributed by atoms with E-state index in [0.717, 1.165) is 28.4 Å². The van der Waals surface area contributed by atoms with E-state index in [2.05, 4.69) is 12.1 Å². The van der Waals surface area contributed by atoms with Crippen molar-refractivity contribution < 1.29 is 47.0 Å². The minimum absolute atomic E-state index is 0. The molecule has 0 aromatic heterocycles. The van der Waals surface area contributed by atoms with E-state index in [4.69, 9.17) is 0 Å². The molecule has 33 heavy (non-hydrogen) atoms. The Bertz CT molecular complexity index is 826. The van der Waals surface area contributed by atoms with Crippen LogP contribution >= 0.6 is 19.6 Å². The molecule has 0 aliphatic heterocycles. The molecule has 3 rings (SSSR count). The third-order valence-electron chi connectivity index (χ3n) is 3.69. The molecule has 0 N–H and O–H groups in total. The monoisotopic (exact) mass is 551 g/mol. The van der Waals surface area contributed by atoms with E-state index in [0.29, 0.717) is 0 Å². The summed E-state index contributed by atoms with van der Waals surface area (Å²) in [5, 5.41) is 0. The number of amides is 1. The largest absolute Gasteiger partial charge is 2.00 e. The van der Waals surface area contributed by atoms with E-state index in [1.165, 1.54) is 0 Å². The molecule has 11 heteroatoms. The van der Waals surface area contributed by atoms with E-state index in [1.54, 1.807) is 11.8 Å². The van der Waals surface area contributed by atoms with Crippen LogP contribution in [-0.2, 0) is 17.1 Å². The minimum Gasteiger partial charge on any atom is -0.0312 e. The van der Waals surface area contributed by atoms with Crippen molar-refractivity contribution in [3.8, 4) is 0 Å². The van der Waals surface area contributed by atoms with Crippen LogP contribution in [-0.4, -0.2) is 23.9 Å². The molecule has 0 heterocycles. The zero-order valence-electron chi connectivity index (χ0n) is 17.8. The van der Waals surface area contributed by atoms with E-state index in [-0.39, 0.29) is 23.0 Å². The minimum atomic E-state index is -10.7. The van der Waals surface area contributed by atoms with E-state index in [9.17, 15) is 30.0 Å². The number of nitrogens with zero attached hydrogens (tertiary/aromatic N) is 1. The van der Waals surface area contributed by atoms with Crippen molar-refractivity contribution in [1.82, 2.24) is 4.90 Å². The van der Waals surface area contributed by atoms with Crippen molar-refractivity contribution in [2.24, 2.45) is 0 Å². The van der Waals surface area contributed by atoms with Gasteiger partial charge in [-0.05, 0) is 70.2 Å². The first kappa shape index (κ1) is 31.8. The Morgan fingerprint density at radius 3 is 1.58 bits per heavy atom. The van der Waals surface area contributed by atoms with Crippen molar-refractivity contribution in [2.75, 3.05) is 13.1 Å². The molecular formula is C22H24F6FeNOPS+. The van der Waals surface area contributed by atoms with Crippen LogP contribution in [0.15, 0.2) is 64.4 Å². The third kappa shape index (κ3) is 17.0. The molecule has 0 spiro atoms. The summed E-state index contributed by atoms with van der Waals surface area (Å²) < 4.78 is 59.2. The molecule has 1 fully saturated rings. The van der Waals surface area contributed by atoms with Crippen LogP contribution in [0.5, 0.6) is 0 Å². The smallest absolute Gasteiger partial charge is 0.0312 e. The van der Waals surface area contributed by atoms with Crippen molar-refractivity contribution in [3.63, 3.8) is 0 Å². The van der Waals surface area contributed by atoms with Crippen molar-refractivity contribution in [2.45, 2.75) is 23.6 Å². The number of halogens is 6. The second-order valence-corrected chi connectivity index (χ2v) is 9.34. The zero-order chi connectivity index (χ0) is 24.3. The van der Waals surface area contributed by atoms with Gasteiger partial charge in [0.2, 0.25) is 0 Å². The second kappa shape index (κ2) is 13.0. The van der Waals surface area contributed by atoms with Crippen LogP contribution in [0.4, 0.5) is 25.2 Å². The van der Waals surface area contributed by atoms with Crippen molar-refractivity contribution in [3.05, 3.63) is 92.3 Å². The van der Waals surface area contributed by atoms with E-state index < -0.39 is 7.81 Å². The van der Waals surface area contributed by atoms with Crippen LogP contribution in [0.25, 0.3) is 0 Å². The Labute approximate surface area is 206 Å². The maximum atomic E-state index is 12.5. The first-order valence-electron chi connectivity index (χ1n) is 9.55. The molecule has 1 amide bonds. The van der Waals surface area contributed by atoms with Gasteiger partial charge in [-0.1, -0.05) is 42.1 Å². The van der Waals surface area contributed by atoms with Crippen LogP contribution in [0.2, 0.25) is 0 Å². The predicted octanol–water partition coefficient (Wildman–Crippen LogP) is 8.72. The molecule has 0 atom stereocenters. The Morgan fingerprint density at radius 2 is 1.15 bits per heavy atom. The van der Waals surface area contributed by atoms with Gasteiger partial charge in [-0.25, -0.2) is 0 Å². The number of carbonyl (C=O) groups is 1. The molecule has 183 valence electrons. The summed E-state index contributed by atoms with van der Waals surface area (Å²) >= 11 is 1.63. The van der Waals surface area contributed by atoms with Gasteiger partial charge in [0.05, 0.1) is 5.56 Å². The van der Waals surface area contributed by atoms with Crippen LogP contribution in [0.3, 0.4) is 0 Å². The van der Waals surface area contributed by atoms with Gasteiger partial charge >= 0.3 is 50.1 Å². The average molecular weight is 551 g/mol. The predicted molar refractivity (Wildman–Crippen MR) is 119 cm³/mol. The van der Waals surface area contributed by atoms with Crippen molar-refractivity contribution >= 4 is 25.5 Å². The molecule has 1 aliphatic rings. The molecule has 2 aromatic rings. The Hall–Kier alpha value is -1.21. The molecule has 0 bridgehead atoms. The first-order valence-corrected chi connectivity index (χ1v) is 12.4. The number of hydrogen-bond donors (Lipinski definition) is 0. The van der Waals surface area contributed by atoms with E-state index >= 15 is 0 Å². The average Bonchev–Trinajstić information content (AvgIpc) is 3.28. The SMILES string of the molecule is CCN(CC)C(=O)c1ccccc1Sc1ccccc1.F[P-](F)(F)(F)(F)F.[CH]1[CH][CH][CH][CH]1.[Fe+2]. The van der Waals surface area contributed by atoms with Crippen LogP contribution in [0.1, 0.15) is 24.2 Å². The second-order valence-electron chi connectivity index (χ2n) is 6.31.